The summed E-state index contributed by atoms with van der Waals surface area (Å²) in [6.07, 6.45) is 2.75. The maximum atomic E-state index is 5.76. The Labute approximate surface area is 115 Å². The summed E-state index contributed by atoms with van der Waals surface area (Å²) in [4.78, 5) is 2.38. The summed E-state index contributed by atoms with van der Waals surface area (Å²) in [6.45, 7) is 4.61. The molecule has 1 atom stereocenters. The molecule has 0 saturated carbocycles. The number of hydrogen-bond donors (Lipinski definition) is 1. The zero-order chi connectivity index (χ0) is 13.5. The Kier molecular flexibility index (Phi) is 5.19. The van der Waals surface area contributed by atoms with Gasteiger partial charge in [0.05, 0.1) is 12.3 Å². The van der Waals surface area contributed by atoms with E-state index in [1.54, 1.807) is 6.26 Å². The maximum absolute atomic E-state index is 5.76. The fourth-order valence-corrected chi connectivity index (χ4v) is 2.45. The summed E-state index contributed by atoms with van der Waals surface area (Å²) in [6, 6.07) is 14.8. The Hall–Kier alpha value is -1.58. The van der Waals surface area contributed by atoms with Gasteiger partial charge >= 0.3 is 0 Å². The van der Waals surface area contributed by atoms with Crippen LogP contribution in [0.1, 0.15) is 30.7 Å². The van der Waals surface area contributed by atoms with Gasteiger partial charge in [-0.1, -0.05) is 37.3 Å². The molecule has 0 spiro atoms. The molecule has 2 aromatic rings. The van der Waals surface area contributed by atoms with Crippen LogP contribution < -0.4 is 5.73 Å². The van der Waals surface area contributed by atoms with E-state index in [4.69, 9.17) is 10.2 Å². The molecule has 2 N–H and O–H groups in total. The number of rotatable bonds is 7. The highest BCUT2D eigenvalue weighted by Gasteiger charge is 2.20. The molecule has 0 bridgehead atoms. The largest absolute Gasteiger partial charge is 0.468 e. The molecule has 19 heavy (non-hydrogen) atoms. The highest BCUT2D eigenvalue weighted by Crippen LogP contribution is 2.25. The van der Waals surface area contributed by atoms with Gasteiger partial charge in [0, 0.05) is 19.6 Å². The molecule has 0 aliphatic heterocycles. The molecule has 102 valence electrons. The molecule has 1 unspecified atom stereocenters. The average molecular weight is 258 g/mol. The van der Waals surface area contributed by atoms with Gasteiger partial charge in [0.25, 0.3) is 0 Å². The van der Waals surface area contributed by atoms with Crippen molar-refractivity contribution in [2.24, 2.45) is 5.73 Å². The molecule has 3 heteroatoms. The lowest BCUT2D eigenvalue weighted by Gasteiger charge is -2.29. The van der Waals surface area contributed by atoms with Crippen LogP contribution in [0.4, 0.5) is 0 Å². The van der Waals surface area contributed by atoms with Crippen LogP contribution in [0, 0.1) is 0 Å². The molecule has 0 aliphatic rings. The van der Waals surface area contributed by atoms with Crippen molar-refractivity contribution in [2.75, 3.05) is 13.1 Å². The smallest absolute Gasteiger partial charge is 0.120 e. The predicted octanol–water partition coefficient (Wildman–Crippen LogP) is 3.19. The summed E-state index contributed by atoms with van der Waals surface area (Å²) < 4.78 is 5.57. The second-order valence-corrected chi connectivity index (χ2v) is 4.68. The predicted molar refractivity (Wildman–Crippen MR) is 77.6 cm³/mol. The first-order valence-electron chi connectivity index (χ1n) is 6.86. The second-order valence-electron chi connectivity index (χ2n) is 4.68. The summed E-state index contributed by atoms with van der Waals surface area (Å²) in [7, 11) is 0. The molecule has 0 radical (unpaired) electrons. The van der Waals surface area contributed by atoms with Crippen LogP contribution in [0.15, 0.2) is 53.1 Å². The number of nitrogens with two attached hydrogens (primary N) is 1. The standard InChI is InChI=1S/C16H22N2O/c1-2-15(16-9-6-12-19-16)18(11-10-17)13-14-7-4-3-5-8-14/h3-9,12,15H,2,10-11,13,17H2,1H3. The summed E-state index contributed by atoms with van der Waals surface area (Å²) in [5.74, 6) is 1.02. The number of hydrogen-bond acceptors (Lipinski definition) is 3. The lowest BCUT2D eigenvalue weighted by atomic mass is 10.1. The third kappa shape index (κ3) is 3.69. The van der Waals surface area contributed by atoms with Gasteiger partial charge in [0.2, 0.25) is 0 Å². The van der Waals surface area contributed by atoms with E-state index < -0.39 is 0 Å². The molecule has 3 nitrogen and oxygen atoms in total. The van der Waals surface area contributed by atoms with E-state index >= 15 is 0 Å². The maximum Gasteiger partial charge on any atom is 0.120 e. The highest BCUT2D eigenvalue weighted by atomic mass is 16.3. The van der Waals surface area contributed by atoms with Gasteiger partial charge in [-0.2, -0.15) is 0 Å². The summed E-state index contributed by atoms with van der Waals surface area (Å²) in [5.41, 5.74) is 7.06. The lowest BCUT2D eigenvalue weighted by molar-refractivity contribution is 0.166. The van der Waals surface area contributed by atoms with Crippen LogP contribution in [0.3, 0.4) is 0 Å². The highest BCUT2D eigenvalue weighted by molar-refractivity contribution is 5.15. The number of benzene rings is 1. The van der Waals surface area contributed by atoms with E-state index in [0.717, 1.165) is 25.3 Å². The summed E-state index contributed by atoms with van der Waals surface area (Å²) >= 11 is 0. The van der Waals surface area contributed by atoms with E-state index in [1.165, 1.54) is 5.56 Å². The van der Waals surface area contributed by atoms with E-state index in [2.05, 4.69) is 36.1 Å². The van der Waals surface area contributed by atoms with Crippen molar-refractivity contribution in [1.29, 1.82) is 0 Å². The number of furan rings is 1. The normalized spacial score (nSPS) is 12.8. The first-order chi connectivity index (χ1) is 9.35. The molecular weight excluding hydrogens is 236 g/mol. The Morgan fingerprint density at radius 3 is 2.53 bits per heavy atom. The van der Waals surface area contributed by atoms with Crippen molar-refractivity contribution >= 4 is 0 Å². The average Bonchev–Trinajstić information content (AvgIpc) is 2.95. The number of nitrogens with zero attached hydrogens (tertiary/aromatic N) is 1. The van der Waals surface area contributed by atoms with Crippen molar-refractivity contribution in [3.8, 4) is 0 Å². The molecule has 2 rings (SSSR count). The van der Waals surface area contributed by atoms with Crippen LogP contribution in [0.25, 0.3) is 0 Å². The van der Waals surface area contributed by atoms with Crippen LogP contribution in [0.2, 0.25) is 0 Å². The van der Waals surface area contributed by atoms with Crippen molar-refractivity contribution in [2.45, 2.75) is 25.9 Å². The molecule has 1 aromatic heterocycles. The molecule has 1 heterocycles. The molecule has 0 fully saturated rings. The first-order valence-corrected chi connectivity index (χ1v) is 6.86. The monoisotopic (exact) mass is 258 g/mol. The molecule has 0 aliphatic carbocycles. The zero-order valence-corrected chi connectivity index (χ0v) is 11.5. The second kappa shape index (κ2) is 7.12. The van der Waals surface area contributed by atoms with Gasteiger partial charge < -0.3 is 10.2 Å². The van der Waals surface area contributed by atoms with Gasteiger partial charge in [-0.15, -0.1) is 0 Å². The Balaban J connectivity index is 2.14. The minimum atomic E-state index is 0.291. The van der Waals surface area contributed by atoms with Gasteiger partial charge in [0.15, 0.2) is 0 Å². The third-order valence-electron chi connectivity index (χ3n) is 3.34. The lowest BCUT2D eigenvalue weighted by Crippen LogP contribution is -2.32. The van der Waals surface area contributed by atoms with E-state index in [9.17, 15) is 0 Å². The van der Waals surface area contributed by atoms with Crippen LogP contribution >= 0.6 is 0 Å². The van der Waals surface area contributed by atoms with Crippen molar-refractivity contribution in [3.05, 3.63) is 60.1 Å². The van der Waals surface area contributed by atoms with Crippen LogP contribution in [-0.4, -0.2) is 18.0 Å². The molecule has 0 saturated heterocycles. The van der Waals surface area contributed by atoms with E-state index in [1.807, 2.05) is 18.2 Å². The van der Waals surface area contributed by atoms with Gasteiger partial charge in [-0.3, -0.25) is 4.90 Å². The SMILES string of the molecule is CCC(c1ccco1)N(CCN)Cc1ccccc1. The molecular formula is C16H22N2O. The van der Waals surface area contributed by atoms with Crippen LogP contribution in [0.5, 0.6) is 0 Å². The molecule has 0 amide bonds. The minimum absolute atomic E-state index is 0.291. The van der Waals surface area contributed by atoms with E-state index in [-0.39, 0.29) is 0 Å². The van der Waals surface area contributed by atoms with Gasteiger partial charge in [0.1, 0.15) is 5.76 Å². The third-order valence-corrected chi connectivity index (χ3v) is 3.34. The van der Waals surface area contributed by atoms with E-state index in [0.29, 0.717) is 12.6 Å². The van der Waals surface area contributed by atoms with Crippen LogP contribution in [-0.2, 0) is 6.54 Å². The summed E-state index contributed by atoms with van der Waals surface area (Å²) in [5, 5.41) is 0. The quantitative estimate of drug-likeness (QED) is 0.829. The topological polar surface area (TPSA) is 42.4 Å². The Morgan fingerprint density at radius 2 is 1.95 bits per heavy atom. The Morgan fingerprint density at radius 1 is 1.16 bits per heavy atom. The zero-order valence-electron chi connectivity index (χ0n) is 11.5. The van der Waals surface area contributed by atoms with Crippen molar-refractivity contribution in [3.63, 3.8) is 0 Å². The fourth-order valence-electron chi connectivity index (χ4n) is 2.45. The van der Waals surface area contributed by atoms with Crippen molar-refractivity contribution in [1.82, 2.24) is 4.90 Å². The fraction of sp³-hybridized carbons (Fsp3) is 0.375. The first kappa shape index (κ1) is 13.8. The van der Waals surface area contributed by atoms with Gasteiger partial charge in [-0.25, -0.2) is 0 Å². The molecule has 1 aromatic carbocycles. The van der Waals surface area contributed by atoms with Crippen molar-refractivity contribution < 1.29 is 4.42 Å². The van der Waals surface area contributed by atoms with Gasteiger partial charge in [-0.05, 0) is 24.1 Å². The minimum Gasteiger partial charge on any atom is -0.468 e. The Bertz CT molecular complexity index is 453.